The van der Waals surface area contributed by atoms with Gasteiger partial charge < -0.3 is 25.8 Å². The maximum absolute atomic E-state index is 12.0. The van der Waals surface area contributed by atoms with Crippen LogP contribution in [0, 0.1) is 0 Å². The van der Waals surface area contributed by atoms with E-state index in [4.69, 9.17) is 4.74 Å². The molecule has 2 heterocycles. The fourth-order valence-corrected chi connectivity index (χ4v) is 3.69. The minimum atomic E-state index is -1.00. The molecular weight excluding hydrogens is 354 g/mol. The quantitative estimate of drug-likeness (QED) is 0.617. The number of ether oxygens (including phenoxy) is 1. The second-order valence-electron chi connectivity index (χ2n) is 5.93. The van der Waals surface area contributed by atoms with Crippen LogP contribution in [0.3, 0.4) is 0 Å². The van der Waals surface area contributed by atoms with Gasteiger partial charge in [-0.2, -0.15) is 0 Å². The maximum atomic E-state index is 12.0. The van der Waals surface area contributed by atoms with Crippen LogP contribution in [0.15, 0.2) is 36.4 Å². The minimum Gasteiger partial charge on any atom is -0.478 e. The second kappa shape index (κ2) is 8.68. The average Bonchev–Trinajstić information content (AvgIpc) is 3.05. The zero-order valence-corrected chi connectivity index (χ0v) is 15.0. The first kappa shape index (κ1) is 18.2. The number of amides is 2. The van der Waals surface area contributed by atoms with Crippen LogP contribution in [-0.2, 0) is 11.3 Å². The summed E-state index contributed by atoms with van der Waals surface area (Å²) in [6.07, 6.45) is 2.77. The summed E-state index contributed by atoms with van der Waals surface area (Å²) < 4.78 is 5.61. The number of benzene rings is 1. The van der Waals surface area contributed by atoms with Crippen LogP contribution in [-0.4, -0.2) is 29.9 Å². The summed E-state index contributed by atoms with van der Waals surface area (Å²) in [5.74, 6) is -1.00. The Labute approximate surface area is 155 Å². The highest BCUT2D eigenvalue weighted by Gasteiger charge is 2.20. The third-order valence-electron chi connectivity index (χ3n) is 3.94. The zero-order chi connectivity index (χ0) is 18.4. The number of carbonyl (C=O) groups is 2. The van der Waals surface area contributed by atoms with Crippen molar-refractivity contribution in [1.29, 1.82) is 0 Å². The third-order valence-corrected chi connectivity index (χ3v) is 5.01. The number of rotatable bonds is 6. The van der Waals surface area contributed by atoms with Gasteiger partial charge in [-0.25, -0.2) is 9.59 Å². The first-order chi connectivity index (χ1) is 12.6. The van der Waals surface area contributed by atoms with Crippen molar-refractivity contribution in [2.24, 2.45) is 0 Å². The van der Waals surface area contributed by atoms with E-state index in [1.807, 2.05) is 18.2 Å². The molecule has 1 saturated heterocycles. The van der Waals surface area contributed by atoms with Gasteiger partial charge in [-0.3, -0.25) is 0 Å². The lowest BCUT2D eigenvalue weighted by Gasteiger charge is -2.23. The topological polar surface area (TPSA) is 99.7 Å². The van der Waals surface area contributed by atoms with E-state index in [1.165, 1.54) is 11.3 Å². The Balaban J connectivity index is 1.59. The fraction of sp³-hybridized carbons (Fsp3) is 0.333. The molecular formula is C18H21N3O4S. The van der Waals surface area contributed by atoms with Gasteiger partial charge in [-0.1, -0.05) is 18.2 Å². The van der Waals surface area contributed by atoms with E-state index in [0.717, 1.165) is 24.1 Å². The molecule has 4 N–H and O–H groups in total. The lowest BCUT2D eigenvalue weighted by atomic mass is 10.2. The molecule has 7 nitrogen and oxygen atoms in total. The van der Waals surface area contributed by atoms with Crippen LogP contribution in [0.25, 0.3) is 0 Å². The molecule has 2 amide bonds. The molecule has 1 aromatic heterocycles. The Kier molecular flexibility index (Phi) is 6.08. The number of aromatic carboxylic acids is 1. The van der Waals surface area contributed by atoms with Gasteiger partial charge in [-0.05, 0) is 37.5 Å². The highest BCUT2D eigenvalue weighted by molar-refractivity contribution is 7.16. The number of para-hydroxylation sites is 1. The van der Waals surface area contributed by atoms with Crippen LogP contribution in [0.4, 0.5) is 15.5 Å². The number of nitrogens with one attached hydrogen (secondary N) is 3. The van der Waals surface area contributed by atoms with Crippen LogP contribution in [0.5, 0.6) is 0 Å². The van der Waals surface area contributed by atoms with Gasteiger partial charge in [0.15, 0.2) is 0 Å². The van der Waals surface area contributed by atoms with Gasteiger partial charge in [0.1, 0.15) is 11.2 Å². The summed E-state index contributed by atoms with van der Waals surface area (Å²) in [5.41, 5.74) is 0.892. The van der Waals surface area contributed by atoms with Gasteiger partial charge in [0.25, 0.3) is 0 Å². The molecule has 3 rings (SSSR count). The molecule has 0 saturated carbocycles. The van der Waals surface area contributed by atoms with Gasteiger partial charge in [-0.15, -0.1) is 11.3 Å². The predicted molar refractivity (Wildman–Crippen MR) is 101 cm³/mol. The Morgan fingerprint density at radius 1 is 1.23 bits per heavy atom. The first-order valence-corrected chi connectivity index (χ1v) is 9.27. The molecule has 1 atom stereocenters. The summed E-state index contributed by atoms with van der Waals surface area (Å²) >= 11 is 1.32. The highest BCUT2D eigenvalue weighted by atomic mass is 32.1. The Bertz CT molecular complexity index is 757. The number of carboxylic acid groups (broad SMARTS) is 1. The van der Waals surface area contributed by atoms with E-state index in [0.29, 0.717) is 17.3 Å². The maximum Gasteiger partial charge on any atom is 0.338 e. The summed E-state index contributed by atoms with van der Waals surface area (Å²) in [7, 11) is 0. The molecule has 8 heteroatoms. The number of anilines is 2. The van der Waals surface area contributed by atoms with Crippen molar-refractivity contribution in [3.05, 3.63) is 46.8 Å². The van der Waals surface area contributed by atoms with Crippen molar-refractivity contribution in [2.75, 3.05) is 17.2 Å². The number of hydrogen-bond acceptors (Lipinski definition) is 5. The SMILES string of the molecule is O=C(NCc1cc(C(=O)O)c(NC2CCCCO2)s1)Nc1ccccc1. The third kappa shape index (κ3) is 4.96. The van der Waals surface area contributed by atoms with Gasteiger partial charge >= 0.3 is 12.0 Å². The fourth-order valence-electron chi connectivity index (χ4n) is 2.66. The van der Waals surface area contributed by atoms with E-state index in [9.17, 15) is 14.7 Å². The number of carboxylic acids is 1. The van der Waals surface area contributed by atoms with Gasteiger partial charge in [0.2, 0.25) is 0 Å². The Morgan fingerprint density at radius 3 is 2.73 bits per heavy atom. The largest absolute Gasteiger partial charge is 0.478 e. The van der Waals surface area contributed by atoms with Gasteiger partial charge in [0.05, 0.1) is 12.1 Å². The summed E-state index contributed by atoms with van der Waals surface area (Å²) in [5, 5.41) is 18.6. The standard InChI is InChI=1S/C18H21N3O4S/c22-17(23)14-10-13(26-16(14)21-15-8-4-5-9-25-15)11-19-18(24)20-12-6-2-1-3-7-12/h1-3,6-7,10,15,21H,4-5,8-9,11H2,(H,22,23)(H2,19,20,24). The lowest BCUT2D eigenvalue weighted by molar-refractivity contribution is 0.0344. The molecule has 1 aliphatic rings. The van der Waals surface area contributed by atoms with E-state index in [1.54, 1.807) is 18.2 Å². The highest BCUT2D eigenvalue weighted by Crippen LogP contribution is 2.30. The molecule has 0 bridgehead atoms. The number of hydrogen-bond donors (Lipinski definition) is 4. The Morgan fingerprint density at radius 2 is 2.04 bits per heavy atom. The predicted octanol–water partition coefficient (Wildman–Crippen LogP) is 3.71. The lowest BCUT2D eigenvalue weighted by Crippen LogP contribution is -2.27. The second-order valence-corrected chi connectivity index (χ2v) is 7.07. The molecule has 0 spiro atoms. The molecule has 0 radical (unpaired) electrons. The van der Waals surface area contributed by atoms with Crippen LogP contribution >= 0.6 is 11.3 Å². The van der Waals surface area contributed by atoms with E-state index in [2.05, 4.69) is 16.0 Å². The molecule has 2 aromatic rings. The van der Waals surface area contributed by atoms with Crippen molar-refractivity contribution in [1.82, 2.24) is 5.32 Å². The van der Waals surface area contributed by atoms with Crippen molar-refractivity contribution in [3.63, 3.8) is 0 Å². The normalized spacial score (nSPS) is 16.7. The van der Waals surface area contributed by atoms with Crippen LogP contribution in [0.1, 0.15) is 34.5 Å². The zero-order valence-electron chi connectivity index (χ0n) is 14.2. The van der Waals surface area contributed by atoms with E-state index < -0.39 is 5.97 Å². The smallest absolute Gasteiger partial charge is 0.338 e. The average molecular weight is 375 g/mol. The van der Waals surface area contributed by atoms with Gasteiger partial charge in [0, 0.05) is 17.2 Å². The summed E-state index contributed by atoms with van der Waals surface area (Å²) in [6, 6.07) is 10.4. The molecule has 1 fully saturated rings. The van der Waals surface area contributed by atoms with Crippen molar-refractivity contribution < 1.29 is 19.4 Å². The Hall–Kier alpha value is -2.58. The van der Waals surface area contributed by atoms with Crippen molar-refractivity contribution >= 4 is 34.0 Å². The minimum absolute atomic E-state index is 0.164. The summed E-state index contributed by atoms with van der Waals surface area (Å²) in [6.45, 7) is 0.927. The summed E-state index contributed by atoms with van der Waals surface area (Å²) in [4.78, 5) is 24.2. The number of thiophene rings is 1. The van der Waals surface area contributed by atoms with E-state index >= 15 is 0 Å². The van der Waals surface area contributed by atoms with Crippen LogP contribution in [0.2, 0.25) is 0 Å². The van der Waals surface area contributed by atoms with Crippen molar-refractivity contribution in [3.8, 4) is 0 Å². The molecule has 0 aliphatic carbocycles. The molecule has 1 aromatic carbocycles. The molecule has 1 aliphatic heterocycles. The molecule has 1 unspecified atom stereocenters. The number of urea groups is 1. The molecule has 26 heavy (non-hydrogen) atoms. The number of carbonyl (C=O) groups excluding carboxylic acids is 1. The van der Waals surface area contributed by atoms with Crippen molar-refractivity contribution in [2.45, 2.75) is 32.0 Å². The first-order valence-electron chi connectivity index (χ1n) is 8.46. The molecule has 138 valence electrons. The van der Waals surface area contributed by atoms with Crippen LogP contribution < -0.4 is 16.0 Å². The monoisotopic (exact) mass is 375 g/mol. The van der Waals surface area contributed by atoms with E-state index in [-0.39, 0.29) is 24.4 Å².